The number of halogens is 3. The monoisotopic (exact) mass is 399 g/mol. The van der Waals surface area contributed by atoms with Gasteiger partial charge in [0.2, 0.25) is 5.90 Å². The molecule has 1 aliphatic rings. The zero-order valence-corrected chi connectivity index (χ0v) is 16.0. The van der Waals surface area contributed by atoms with Gasteiger partial charge in [0.05, 0.1) is 11.1 Å². The van der Waals surface area contributed by atoms with E-state index in [1.165, 1.54) is 6.07 Å². The van der Waals surface area contributed by atoms with Gasteiger partial charge in [-0.2, -0.15) is 13.2 Å². The highest BCUT2D eigenvalue weighted by molar-refractivity contribution is 5.97. The molecule has 1 aliphatic heterocycles. The summed E-state index contributed by atoms with van der Waals surface area (Å²) in [5.41, 5.74) is -0.310. The van der Waals surface area contributed by atoms with E-state index >= 15 is 0 Å². The van der Waals surface area contributed by atoms with Gasteiger partial charge in [0.15, 0.2) is 0 Å². The van der Waals surface area contributed by atoms with E-state index in [9.17, 15) is 18.3 Å². The Labute approximate surface area is 166 Å². The van der Waals surface area contributed by atoms with Crippen LogP contribution in [0.15, 0.2) is 65.7 Å². The molecule has 150 valence electrons. The lowest BCUT2D eigenvalue weighted by molar-refractivity contribution is -0.137. The first-order valence-electron chi connectivity index (χ1n) is 9.25. The van der Waals surface area contributed by atoms with E-state index in [1.807, 2.05) is 44.2 Å². The predicted molar refractivity (Wildman–Crippen MR) is 106 cm³/mol. The Kier molecular flexibility index (Phi) is 4.62. The van der Waals surface area contributed by atoms with Gasteiger partial charge in [-0.05, 0) is 60.0 Å². The van der Waals surface area contributed by atoms with Crippen molar-refractivity contribution in [1.82, 2.24) is 0 Å². The highest BCUT2D eigenvalue weighted by atomic mass is 19.4. The van der Waals surface area contributed by atoms with E-state index in [0.717, 1.165) is 22.9 Å². The maximum Gasteiger partial charge on any atom is 0.416 e. The number of ether oxygens (including phenoxy) is 1. The van der Waals surface area contributed by atoms with Gasteiger partial charge in [0, 0.05) is 5.56 Å². The molecule has 6 heteroatoms. The average Bonchev–Trinajstić information content (AvgIpc) is 3.05. The number of aliphatic hydroxyl groups is 1. The first-order chi connectivity index (χ1) is 13.6. The van der Waals surface area contributed by atoms with E-state index in [4.69, 9.17) is 4.74 Å². The first kappa shape index (κ1) is 19.5. The minimum absolute atomic E-state index is 0.117. The summed E-state index contributed by atoms with van der Waals surface area (Å²) in [5, 5.41) is 12.9. The minimum Gasteiger partial charge on any atom is -0.475 e. The lowest BCUT2D eigenvalue weighted by Crippen LogP contribution is -2.17. The molecule has 3 aromatic carbocycles. The highest BCUT2D eigenvalue weighted by Crippen LogP contribution is 2.36. The Morgan fingerprint density at radius 3 is 2.38 bits per heavy atom. The fourth-order valence-electron chi connectivity index (χ4n) is 3.44. The summed E-state index contributed by atoms with van der Waals surface area (Å²) in [5.74, 6) is 0.249. The van der Waals surface area contributed by atoms with Crippen LogP contribution in [-0.4, -0.2) is 23.2 Å². The van der Waals surface area contributed by atoms with Gasteiger partial charge in [-0.1, -0.05) is 36.4 Å². The Hall–Kier alpha value is -2.86. The van der Waals surface area contributed by atoms with E-state index < -0.39 is 23.4 Å². The minimum atomic E-state index is -4.52. The first-order valence-corrected chi connectivity index (χ1v) is 9.25. The molecular formula is C23H20F3NO2. The summed E-state index contributed by atoms with van der Waals surface area (Å²) >= 11 is 0. The number of hydrogen-bond donors (Lipinski definition) is 1. The van der Waals surface area contributed by atoms with Gasteiger partial charge < -0.3 is 9.84 Å². The molecule has 0 bridgehead atoms. The molecule has 3 aromatic rings. The molecule has 1 heterocycles. The van der Waals surface area contributed by atoms with E-state index in [-0.39, 0.29) is 11.5 Å². The molecule has 0 aliphatic carbocycles. The molecule has 0 amide bonds. The molecule has 0 spiro atoms. The zero-order valence-electron chi connectivity index (χ0n) is 16.0. The van der Waals surface area contributed by atoms with Gasteiger partial charge in [-0.25, -0.2) is 4.99 Å². The van der Waals surface area contributed by atoms with Crippen molar-refractivity contribution in [3.05, 3.63) is 82.9 Å². The molecule has 1 atom stereocenters. The SMILES string of the molecule is CC1(C)COC(c2ccc(C(F)(F)F)cc2[C@@H](O)c2ccc3ccccc3c2)=N1. The summed E-state index contributed by atoms with van der Waals surface area (Å²) in [6.45, 7) is 4.09. The Morgan fingerprint density at radius 1 is 1.00 bits per heavy atom. The van der Waals surface area contributed by atoms with Gasteiger partial charge >= 0.3 is 6.18 Å². The lowest BCUT2D eigenvalue weighted by atomic mass is 9.93. The maximum absolute atomic E-state index is 13.3. The van der Waals surface area contributed by atoms with Crippen LogP contribution in [0.2, 0.25) is 0 Å². The summed E-state index contributed by atoms with van der Waals surface area (Å²) in [7, 11) is 0. The third kappa shape index (κ3) is 3.85. The number of aliphatic imine (C=N–C) groups is 1. The van der Waals surface area contributed by atoms with Crippen molar-refractivity contribution in [1.29, 1.82) is 0 Å². The van der Waals surface area contributed by atoms with Crippen molar-refractivity contribution in [2.45, 2.75) is 31.7 Å². The van der Waals surface area contributed by atoms with Crippen molar-refractivity contribution in [3.63, 3.8) is 0 Å². The van der Waals surface area contributed by atoms with Crippen LogP contribution in [0.1, 0.15) is 42.2 Å². The van der Waals surface area contributed by atoms with Crippen LogP contribution in [0.4, 0.5) is 13.2 Å². The quantitative estimate of drug-likeness (QED) is 0.632. The van der Waals surface area contributed by atoms with Crippen LogP contribution in [0.3, 0.4) is 0 Å². The smallest absolute Gasteiger partial charge is 0.416 e. The second kappa shape index (κ2) is 6.88. The lowest BCUT2D eigenvalue weighted by Gasteiger charge is -2.18. The topological polar surface area (TPSA) is 41.8 Å². The molecule has 0 unspecified atom stereocenters. The Morgan fingerprint density at radius 2 is 1.72 bits per heavy atom. The van der Waals surface area contributed by atoms with Crippen LogP contribution in [0, 0.1) is 0 Å². The highest BCUT2D eigenvalue weighted by Gasteiger charge is 2.34. The Bertz CT molecular complexity index is 1100. The molecule has 0 saturated heterocycles. The molecule has 0 saturated carbocycles. The number of benzene rings is 3. The second-order valence-corrected chi connectivity index (χ2v) is 7.83. The third-order valence-electron chi connectivity index (χ3n) is 4.96. The summed E-state index contributed by atoms with van der Waals surface area (Å²) < 4.78 is 45.6. The van der Waals surface area contributed by atoms with Crippen molar-refractivity contribution >= 4 is 16.7 Å². The Balaban J connectivity index is 1.84. The van der Waals surface area contributed by atoms with Gasteiger partial charge in [0.1, 0.15) is 12.7 Å². The normalized spacial score (nSPS) is 17.1. The van der Waals surface area contributed by atoms with Gasteiger partial charge in [-0.15, -0.1) is 0 Å². The number of hydrogen-bond acceptors (Lipinski definition) is 3. The molecular weight excluding hydrogens is 379 g/mol. The van der Waals surface area contributed by atoms with E-state index in [2.05, 4.69) is 4.99 Å². The fraction of sp³-hybridized carbons (Fsp3) is 0.261. The van der Waals surface area contributed by atoms with E-state index in [1.54, 1.807) is 12.1 Å². The number of aliphatic hydroxyl groups excluding tert-OH is 1. The molecule has 0 fully saturated rings. The van der Waals surface area contributed by atoms with Gasteiger partial charge in [0.25, 0.3) is 0 Å². The molecule has 4 rings (SSSR count). The number of alkyl halides is 3. The van der Waals surface area contributed by atoms with Crippen molar-refractivity contribution in [3.8, 4) is 0 Å². The largest absolute Gasteiger partial charge is 0.475 e. The molecule has 0 radical (unpaired) electrons. The van der Waals surface area contributed by atoms with Crippen LogP contribution in [0.5, 0.6) is 0 Å². The predicted octanol–water partition coefficient (Wildman–Crippen LogP) is 5.50. The molecule has 1 N–H and O–H groups in total. The van der Waals surface area contributed by atoms with Crippen molar-refractivity contribution in [2.24, 2.45) is 4.99 Å². The molecule has 3 nitrogen and oxygen atoms in total. The van der Waals surface area contributed by atoms with Crippen LogP contribution >= 0.6 is 0 Å². The van der Waals surface area contributed by atoms with Crippen LogP contribution < -0.4 is 0 Å². The fourth-order valence-corrected chi connectivity index (χ4v) is 3.44. The van der Waals surface area contributed by atoms with Crippen LogP contribution in [-0.2, 0) is 10.9 Å². The maximum atomic E-state index is 13.3. The third-order valence-corrected chi connectivity index (χ3v) is 4.96. The van der Waals surface area contributed by atoms with Crippen LogP contribution in [0.25, 0.3) is 10.8 Å². The van der Waals surface area contributed by atoms with Crippen molar-refractivity contribution < 1.29 is 23.0 Å². The van der Waals surface area contributed by atoms with Crippen molar-refractivity contribution in [2.75, 3.05) is 6.61 Å². The number of fused-ring (bicyclic) bond motifs is 1. The standard InChI is InChI=1S/C23H20F3NO2/c1-22(2)13-29-21(27-22)18-10-9-17(23(24,25)26)12-19(18)20(28)16-8-7-14-5-3-4-6-15(14)11-16/h3-12,20,28H,13H2,1-2H3/t20-/m0/s1. The molecule has 0 aromatic heterocycles. The summed E-state index contributed by atoms with van der Waals surface area (Å²) in [6, 6.07) is 16.2. The van der Waals surface area contributed by atoms with Gasteiger partial charge in [-0.3, -0.25) is 0 Å². The number of rotatable bonds is 3. The summed E-state index contributed by atoms with van der Waals surface area (Å²) in [4.78, 5) is 4.47. The zero-order chi connectivity index (χ0) is 20.8. The molecule has 29 heavy (non-hydrogen) atoms. The summed E-state index contributed by atoms with van der Waals surface area (Å²) in [6.07, 6.45) is -5.78. The second-order valence-electron chi connectivity index (χ2n) is 7.83. The average molecular weight is 399 g/mol. The van der Waals surface area contributed by atoms with E-state index in [0.29, 0.717) is 17.7 Å². The number of nitrogens with zero attached hydrogens (tertiary/aromatic N) is 1.